The number of carbonyl (C=O) groups excluding carboxylic acids is 2. The molecule has 0 aliphatic carbocycles. The number of benzene rings is 2. The number of ether oxygens (including phenoxy) is 1. The molecular formula is C32H23ClFN5O5. The molecule has 0 aliphatic rings. The lowest BCUT2D eigenvalue weighted by Crippen LogP contribution is -2.33. The third-order valence-electron chi connectivity index (χ3n) is 6.95. The first kappa shape index (κ1) is 28.7. The Balaban J connectivity index is 1.70. The van der Waals surface area contributed by atoms with Crippen LogP contribution in [0, 0.1) is 12.7 Å². The Hall–Kier alpha value is -5.42. The lowest BCUT2D eigenvalue weighted by atomic mass is 10.1. The molecule has 220 valence electrons. The number of halogens is 2. The van der Waals surface area contributed by atoms with Crippen LogP contribution in [-0.4, -0.2) is 37.6 Å². The second-order valence-corrected chi connectivity index (χ2v) is 10.1. The summed E-state index contributed by atoms with van der Waals surface area (Å²) in [5.74, 6) is -2.35. The van der Waals surface area contributed by atoms with Gasteiger partial charge in [0.1, 0.15) is 39.7 Å². The minimum atomic E-state index is -0.887. The van der Waals surface area contributed by atoms with Gasteiger partial charge >= 0.3 is 5.97 Å². The maximum Gasteiger partial charge on any atom is 0.341 e. The van der Waals surface area contributed by atoms with E-state index in [1.54, 1.807) is 31.3 Å². The molecule has 6 aromatic rings. The minimum absolute atomic E-state index is 0.0148. The quantitative estimate of drug-likeness (QED) is 0.183. The molecule has 12 heteroatoms. The summed E-state index contributed by atoms with van der Waals surface area (Å²) in [6.07, 6.45) is 1.57. The maximum atomic E-state index is 14.9. The summed E-state index contributed by atoms with van der Waals surface area (Å²) < 4.78 is 28.4. The van der Waals surface area contributed by atoms with Crippen molar-refractivity contribution in [1.29, 1.82) is 0 Å². The third-order valence-corrected chi connectivity index (χ3v) is 7.27. The van der Waals surface area contributed by atoms with Crippen LogP contribution < -0.4 is 11.0 Å². The lowest BCUT2D eigenvalue weighted by molar-refractivity contribution is 0.0523. The molecule has 2 aromatic carbocycles. The van der Waals surface area contributed by atoms with Gasteiger partial charge in [0.15, 0.2) is 5.49 Å². The second-order valence-electron chi connectivity index (χ2n) is 9.73. The molecule has 44 heavy (non-hydrogen) atoms. The molecular weight excluding hydrogens is 589 g/mol. The summed E-state index contributed by atoms with van der Waals surface area (Å²) in [5, 5.41) is 4.03. The molecule has 0 saturated heterocycles. The topological polar surface area (TPSA) is 121 Å². The van der Waals surface area contributed by atoms with E-state index < -0.39 is 23.3 Å². The Morgan fingerprint density at radius 2 is 1.84 bits per heavy atom. The van der Waals surface area contributed by atoms with Crippen molar-refractivity contribution in [3.63, 3.8) is 0 Å². The van der Waals surface area contributed by atoms with Gasteiger partial charge in [-0.05, 0) is 49.7 Å². The van der Waals surface area contributed by atoms with Crippen LogP contribution in [0.25, 0.3) is 27.9 Å². The number of aromatic nitrogens is 4. The molecule has 0 atom stereocenters. The highest BCUT2D eigenvalue weighted by molar-refractivity contribution is 6.33. The fourth-order valence-corrected chi connectivity index (χ4v) is 5.20. The molecule has 0 saturated carbocycles. The van der Waals surface area contributed by atoms with E-state index in [-0.39, 0.29) is 62.8 Å². The van der Waals surface area contributed by atoms with E-state index >= 15 is 0 Å². The van der Waals surface area contributed by atoms with E-state index in [0.717, 1.165) is 5.56 Å². The van der Waals surface area contributed by atoms with Crippen LogP contribution in [0.5, 0.6) is 0 Å². The predicted octanol–water partition coefficient (Wildman–Crippen LogP) is 5.37. The fraction of sp³-hybridized carbons (Fsp3) is 0.125. The van der Waals surface area contributed by atoms with Crippen molar-refractivity contribution < 1.29 is 23.2 Å². The van der Waals surface area contributed by atoms with Gasteiger partial charge in [0.2, 0.25) is 0 Å². The molecule has 0 bridgehead atoms. The van der Waals surface area contributed by atoms with Crippen molar-refractivity contribution in [3.8, 4) is 11.3 Å². The van der Waals surface area contributed by atoms with Gasteiger partial charge in [-0.1, -0.05) is 59.2 Å². The van der Waals surface area contributed by atoms with Crippen molar-refractivity contribution >= 4 is 40.2 Å². The van der Waals surface area contributed by atoms with Crippen molar-refractivity contribution in [2.24, 2.45) is 4.99 Å². The van der Waals surface area contributed by atoms with Crippen molar-refractivity contribution in [2.45, 2.75) is 20.4 Å². The van der Waals surface area contributed by atoms with Gasteiger partial charge in [0.25, 0.3) is 11.5 Å². The number of carbonyl (C=O) groups is 2. The summed E-state index contributed by atoms with van der Waals surface area (Å²) in [7, 11) is 0. The normalized spacial score (nSPS) is 11.8. The number of fused-ring (bicyclic) bond motifs is 2. The van der Waals surface area contributed by atoms with Crippen molar-refractivity contribution in [2.75, 3.05) is 6.61 Å². The average Bonchev–Trinajstić information content (AvgIpc) is 3.39. The summed E-state index contributed by atoms with van der Waals surface area (Å²) in [6.45, 7) is 3.22. The number of aryl methyl sites for hydroxylation is 1. The highest BCUT2D eigenvalue weighted by Gasteiger charge is 2.27. The SMILES string of the molecule is CCOC(=O)c1cc2c(=O)n3ccccc3nc2n(Cc2ccccc2)c1=NC(=O)c1c(-c2c(F)cccc2Cl)noc1C. The minimum Gasteiger partial charge on any atom is -0.462 e. The third kappa shape index (κ3) is 5.07. The van der Waals surface area contributed by atoms with E-state index in [1.807, 2.05) is 30.3 Å². The first-order valence-electron chi connectivity index (χ1n) is 13.5. The molecule has 0 N–H and O–H groups in total. The summed E-state index contributed by atoms with van der Waals surface area (Å²) in [5.41, 5.74) is 0.192. The standard InChI is InChI=1S/C32H23ClFN5O5/c1-3-43-32(42)21-16-20-28(35-24-14-7-8-15-38(24)31(20)41)39(17-19-10-5-4-6-11-19)29(21)36-30(40)25-18(2)44-37-27(25)26-22(33)12-9-13-23(26)34/h4-16H,3,17H2,1-2H3. The van der Waals surface area contributed by atoms with Gasteiger partial charge in [-0.2, -0.15) is 4.99 Å². The van der Waals surface area contributed by atoms with Crippen molar-refractivity contribution in [3.05, 3.63) is 128 Å². The monoisotopic (exact) mass is 611 g/mol. The van der Waals surface area contributed by atoms with E-state index in [4.69, 9.17) is 25.8 Å². The van der Waals surface area contributed by atoms with E-state index in [1.165, 1.54) is 40.2 Å². The smallest absolute Gasteiger partial charge is 0.341 e. The Labute approximate surface area is 253 Å². The molecule has 10 nitrogen and oxygen atoms in total. The molecule has 0 spiro atoms. The number of hydrogen-bond donors (Lipinski definition) is 0. The molecule has 1 amide bonds. The van der Waals surface area contributed by atoms with Crippen LogP contribution in [0.3, 0.4) is 0 Å². The molecule has 0 aliphatic heterocycles. The number of esters is 1. The molecule has 6 rings (SSSR count). The van der Waals surface area contributed by atoms with Gasteiger partial charge in [0.05, 0.1) is 29.1 Å². The van der Waals surface area contributed by atoms with E-state index in [2.05, 4.69) is 10.1 Å². The Morgan fingerprint density at radius 1 is 1.07 bits per heavy atom. The predicted molar refractivity (Wildman–Crippen MR) is 160 cm³/mol. The van der Waals surface area contributed by atoms with Crippen LogP contribution in [0.1, 0.15) is 39.0 Å². The maximum absolute atomic E-state index is 14.9. The highest BCUT2D eigenvalue weighted by Crippen LogP contribution is 2.33. The van der Waals surface area contributed by atoms with Crippen LogP contribution in [0.2, 0.25) is 5.02 Å². The zero-order valence-electron chi connectivity index (χ0n) is 23.5. The van der Waals surface area contributed by atoms with E-state index in [9.17, 15) is 18.8 Å². The Morgan fingerprint density at radius 3 is 2.59 bits per heavy atom. The second kappa shape index (κ2) is 11.7. The largest absolute Gasteiger partial charge is 0.462 e. The first-order valence-corrected chi connectivity index (χ1v) is 13.9. The number of pyridine rings is 2. The number of nitrogens with zero attached hydrogens (tertiary/aromatic N) is 5. The first-order chi connectivity index (χ1) is 21.3. The number of amides is 1. The molecule has 4 aromatic heterocycles. The van der Waals surface area contributed by atoms with Crippen LogP contribution in [0.15, 0.2) is 93.3 Å². The summed E-state index contributed by atoms with van der Waals surface area (Å²) >= 11 is 6.29. The Kier molecular flexibility index (Phi) is 7.62. The van der Waals surface area contributed by atoms with Crippen LogP contribution in [0.4, 0.5) is 4.39 Å². The van der Waals surface area contributed by atoms with Gasteiger partial charge in [-0.3, -0.25) is 14.0 Å². The van der Waals surface area contributed by atoms with E-state index in [0.29, 0.717) is 5.65 Å². The van der Waals surface area contributed by atoms with Gasteiger partial charge in [-0.25, -0.2) is 14.2 Å². The molecule has 0 unspecified atom stereocenters. The number of hydrogen-bond acceptors (Lipinski definition) is 7. The van der Waals surface area contributed by atoms with Gasteiger partial charge < -0.3 is 13.8 Å². The van der Waals surface area contributed by atoms with Crippen LogP contribution in [-0.2, 0) is 11.3 Å². The van der Waals surface area contributed by atoms with Gasteiger partial charge in [-0.15, -0.1) is 0 Å². The zero-order valence-corrected chi connectivity index (χ0v) is 24.2. The molecule has 0 radical (unpaired) electrons. The Bertz CT molecular complexity index is 2200. The summed E-state index contributed by atoms with van der Waals surface area (Å²) in [6, 6.07) is 19.7. The zero-order chi connectivity index (χ0) is 31.0. The molecule has 0 fully saturated rings. The molecule has 4 heterocycles. The van der Waals surface area contributed by atoms with Crippen LogP contribution >= 0.6 is 11.6 Å². The highest BCUT2D eigenvalue weighted by atomic mass is 35.5. The van der Waals surface area contributed by atoms with Crippen molar-refractivity contribution in [1.82, 2.24) is 19.1 Å². The fourth-order valence-electron chi connectivity index (χ4n) is 4.94. The summed E-state index contributed by atoms with van der Waals surface area (Å²) in [4.78, 5) is 50.1. The van der Waals surface area contributed by atoms with Gasteiger partial charge in [0, 0.05) is 6.20 Å². The average molecular weight is 612 g/mol. The lowest BCUT2D eigenvalue weighted by Gasteiger charge is -2.15. The number of rotatable bonds is 6.